The van der Waals surface area contributed by atoms with Gasteiger partial charge < -0.3 is 10.1 Å². The molecule has 1 aliphatic rings. The van der Waals surface area contributed by atoms with Crippen molar-refractivity contribution < 1.29 is 18.7 Å². The highest BCUT2D eigenvalue weighted by Crippen LogP contribution is 2.34. The van der Waals surface area contributed by atoms with E-state index >= 15 is 0 Å². The van der Waals surface area contributed by atoms with Crippen molar-refractivity contribution in [1.29, 1.82) is 0 Å². The summed E-state index contributed by atoms with van der Waals surface area (Å²) < 4.78 is 18.3. The van der Waals surface area contributed by atoms with Crippen molar-refractivity contribution in [3.8, 4) is 5.75 Å². The highest BCUT2D eigenvalue weighted by molar-refractivity contribution is 6.35. The summed E-state index contributed by atoms with van der Waals surface area (Å²) in [6, 6.07) is 9.67. The molecule has 0 saturated carbocycles. The maximum atomic E-state index is 12.9. The van der Waals surface area contributed by atoms with Gasteiger partial charge in [-0.15, -0.1) is 0 Å². The van der Waals surface area contributed by atoms with E-state index in [9.17, 15) is 14.0 Å². The van der Waals surface area contributed by atoms with Crippen LogP contribution in [0, 0.1) is 5.82 Å². The normalized spacial score (nSPS) is 19.6. The molecule has 1 N–H and O–H groups in total. The molecule has 0 aliphatic carbocycles. The number of halogens is 3. The second-order valence-corrected chi connectivity index (χ2v) is 6.78. The minimum atomic E-state index is -1.28. The molecule has 1 aliphatic heterocycles. The van der Waals surface area contributed by atoms with Gasteiger partial charge in [-0.2, -0.15) is 0 Å². The minimum absolute atomic E-state index is 0.0445. The fourth-order valence-corrected chi connectivity index (χ4v) is 3.36. The van der Waals surface area contributed by atoms with Crippen LogP contribution in [0.5, 0.6) is 5.75 Å². The van der Waals surface area contributed by atoms with E-state index in [0.29, 0.717) is 16.3 Å². The molecule has 136 valence electrons. The maximum absolute atomic E-state index is 12.9. The van der Waals surface area contributed by atoms with Gasteiger partial charge in [0.15, 0.2) is 0 Å². The highest BCUT2D eigenvalue weighted by atomic mass is 35.5. The summed E-state index contributed by atoms with van der Waals surface area (Å²) in [6.07, 6.45) is 0. The molecule has 1 saturated heterocycles. The van der Waals surface area contributed by atoms with Crippen molar-refractivity contribution in [3.05, 3.63) is 63.9 Å². The van der Waals surface area contributed by atoms with E-state index in [1.165, 1.54) is 30.3 Å². The van der Waals surface area contributed by atoms with Crippen molar-refractivity contribution in [2.45, 2.75) is 12.5 Å². The third-order valence-corrected chi connectivity index (χ3v) is 4.69. The quantitative estimate of drug-likeness (QED) is 0.777. The summed E-state index contributed by atoms with van der Waals surface area (Å²) >= 11 is 12.1. The lowest BCUT2D eigenvalue weighted by Crippen LogP contribution is -2.41. The van der Waals surface area contributed by atoms with E-state index in [1.54, 1.807) is 19.1 Å². The van der Waals surface area contributed by atoms with Gasteiger partial charge in [-0.1, -0.05) is 29.3 Å². The molecular formula is C18H15Cl2FN2O3. The van der Waals surface area contributed by atoms with E-state index in [0.717, 1.165) is 4.90 Å². The first kappa shape index (κ1) is 18.5. The Morgan fingerprint density at radius 1 is 1.15 bits per heavy atom. The monoisotopic (exact) mass is 396 g/mol. The van der Waals surface area contributed by atoms with Crippen LogP contribution in [0.2, 0.25) is 10.0 Å². The molecule has 1 fully saturated rings. The molecule has 8 heteroatoms. The first-order valence-electron chi connectivity index (χ1n) is 7.79. The number of ether oxygens (including phenoxy) is 1. The fraction of sp³-hybridized carbons (Fsp3) is 0.222. The highest BCUT2D eigenvalue weighted by Gasteiger charge is 2.49. The summed E-state index contributed by atoms with van der Waals surface area (Å²) in [5, 5.41) is 3.39. The summed E-state index contributed by atoms with van der Waals surface area (Å²) in [5.41, 5.74) is -0.821. The Morgan fingerprint density at radius 2 is 1.85 bits per heavy atom. The third-order valence-electron chi connectivity index (χ3n) is 4.14. The van der Waals surface area contributed by atoms with Gasteiger partial charge in [-0.05, 0) is 43.3 Å². The lowest BCUT2D eigenvalue weighted by molar-refractivity contribution is -0.131. The lowest BCUT2D eigenvalue weighted by atomic mass is 9.92. The van der Waals surface area contributed by atoms with Gasteiger partial charge in [0, 0.05) is 15.6 Å². The molecule has 5 nitrogen and oxygen atoms in total. The van der Waals surface area contributed by atoms with E-state index < -0.39 is 17.5 Å². The van der Waals surface area contributed by atoms with Crippen molar-refractivity contribution >= 4 is 35.1 Å². The summed E-state index contributed by atoms with van der Waals surface area (Å²) in [5.74, 6) is -0.363. The molecule has 1 heterocycles. The van der Waals surface area contributed by atoms with Gasteiger partial charge in [0.1, 0.15) is 23.7 Å². The zero-order valence-electron chi connectivity index (χ0n) is 13.8. The predicted octanol–water partition coefficient (Wildman–Crippen LogP) is 3.98. The molecular weight excluding hydrogens is 382 g/mol. The Hall–Kier alpha value is -2.31. The Morgan fingerprint density at radius 3 is 2.50 bits per heavy atom. The average molecular weight is 397 g/mol. The number of nitrogens with one attached hydrogen (secondary N) is 1. The molecule has 0 spiro atoms. The smallest absolute Gasteiger partial charge is 0.325 e. The Bertz CT molecular complexity index is 860. The number of nitrogens with zero attached hydrogens (tertiary/aromatic N) is 1. The van der Waals surface area contributed by atoms with Crippen molar-refractivity contribution in [1.82, 2.24) is 10.2 Å². The van der Waals surface area contributed by atoms with Gasteiger partial charge in [-0.3, -0.25) is 9.69 Å². The topological polar surface area (TPSA) is 58.6 Å². The SMILES string of the molecule is CC1(c2ccc(Cl)cc2Cl)NC(=O)N(CCOc2ccc(F)cc2)C1=O. The van der Waals surface area contributed by atoms with Crippen LogP contribution in [-0.2, 0) is 10.3 Å². The Labute approximate surface area is 159 Å². The summed E-state index contributed by atoms with van der Waals surface area (Å²) in [7, 11) is 0. The van der Waals surface area contributed by atoms with Gasteiger partial charge in [0.2, 0.25) is 0 Å². The standard InChI is InChI=1S/C18H15Cl2FN2O3/c1-18(14-7-2-11(19)10-15(14)20)16(24)23(17(25)22-18)8-9-26-13-5-3-12(21)4-6-13/h2-7,10H,8-9H2,1H3,(H,22,25). The number of carbonyl (C=O) groups excluding carboxylic acids is 2. The number of imide groups is 1. The second-order valence-electron chi connectivity index (χ2n) is 5.94. The van der Waals surface area contributed by atoms with Gasteiger partial charge in [0.25, 0.3) is 5.91 Å². The van der Waals surface area contributed by atoms with Gasteiger partial charge in [0.05, 0.1) is 6.54 Å². The van der Waals surface area contributed by atoms with Crippen LogP contribution in [0.25, 0.3) is 0 Å². The van der Waals surface area contributed by atoms with Gasteiger partial charge in [-0.25, -0.2) is 9.18 Å². The lowest BCUT2D eigenvalue weighted by Gasteiger charge is -2.23. The molecule has 26 heavy (non-hydrogen) atoms. The van der Waals surface area contributed by atoms with Crippen LogP contribution in [0.4, 0.5) is 9.18 Å². The van der Waals surface area contributed by atoms with Crippen LogP contribution in [0.3, 0.4) is 0 Å². The second kappa shape index (κ2) is 7.13. The first-order valence-corrected chi connectivity index (χ1v) is 8.55. The van der Waals surface area contributed by atoms with E-state index in [4.69, 9.17) is 27.9 Å². The van der Waals surface area contributed by atoms with Crippen molar-refractivity contribution in [3.63, 3.8) is 0 Å². The molecule has 2 aromatic rings. The number of urea groups is 1. The molecule has 1 unspecified atom stereocenters. The maximum Gasteiger partial charge on any atom is 0.325 e. The van der Waals surface area contributed by atoms with Crippen LogP contribution < -0.4 is 10.1 Å². The van der Waals surface area contributed by atoms with E-state index in [1.807, 2.05) is 0 Å². The molecule has 0 bridgehead atoms. The Balaban J connectivity index is 1.71. The van der Waals surface area contributed by atoms with Crippen LogP contribution in [-0.4, -0.2) is 30.0 Å². The zero-order valence-corrected chi connectivity index (χ0v) is 15.3. The third kappa shape index (κ3) is 3.48. The average Bonchev–Trinajstić information content (AvgIpc) is 2.80. The fourth-order valence-electron chi connectivity index (χ4n) is 2.76. The summed E-state index contributed by atoms with van der Waals surface area (Å²) in [6.45, 7) is 1.71. The number of amides is 3. The number of benzene rings is 2. The largest absolute Gasteiger partial charge is 0.492 e. The number of rotatable bonds is 5. The number of hydrogen-bond donors (Lipinski definition) is 1. The number of hydrogen-bond acceptors (Lipinski definition) is 3. The first-order chi connectivity index (χ1) is 12.3. The van der Waals surface area contributed by atoms with E-state index in [-0.39, 0.29) is 24.0 Å². The minimum Gasteiger partial charge on any atom is -0.492 e. The van der Waals surface area contributed by atoms with E-state index in [2.05, 4.69) is 5.32 Å². The molecule has 1 atom stereocenters. The molecule has 3 rings (SSSR count). The van der Waals surface area contributed by atoms with Crippen LogP contribution >= 0.6 is 23.2 Å². The van der Waals surface area contributed by atoms with Crippen molar-refractivity contribution in [2.24, 2.45) is 0 Å². The summed E-state index contributed by atoms with van der Waals surface area (Å²) in [4.78, 5) is 26.1. The molecule has 0 aromatic heterocycles. The van der Waals surface area contributed by atoms with Crippen LogP contribution in [0.15, 0.2) is 42.5 Å². The van der Waals surface area contributed by atoms with Crippen molar-refractivity contribution in [2.75, 3.05) is 13.2 Å². The predicted molar refractivity (Wildman–Crippen MR) is 96.0 cm³/mol. The van der Waals surface area contributed by atoms with Crippen LogP contribution in [0.1, 0.15) is 12.5 Å². The number of carbonyl (C=O) groups is 2. The molecule has 3 amide bonds. The molecule has 2 aromatic carbocycles. The molecule has 0 radical (unpaired) electrons. The van der Waals surface area contributed by atoms with Gasteiger partial charge >= 0.3 is 6.03 Å². The zero-order chi connectivity index (χ0) is 18.9. The Kier molecular flexibility index (Phi) is 5.07.